The molecule has 1 saturated heterocycles. The van der Waals surface area contributed by atoms with E-state index in [1.165, 1.54) is 58.3 Å². The zero-order chi connectivity index (χ0) is 13.1. The first kappa shape index (κ1) is 15.9. The van der Waals surface area contributed by atoms with Crippen molar-refractivity contribution in [2.24, 2.45) is 5.92 Å². The molecule has 0 spiro atoms. The van der Waals surface area contributed by atoms with Crippen molar-refractivity contribution in [3.05, 3.63) is 0 Å². The van der Waals surface area contributed by atoms with Gasteiger partial charge in [-0.1, -0.05) is 20.3 Å². The van der Waals surface area contributed by atoms with Crippen LogP contribution in [0.5, 0.6) is 0 Å². The standard InChI is InChI=1S/C15H32N2O/c1-3-5-12-18-13-11-17(10-4-2)14-15-6-8-16-9-7-15/h15-16H,3-14H2,1-2H3. The summed E-state index contributed by atoms with van der Waals surface area (Å²) in [5.41, 5.74) is 0. The van der Waals surface area contributed by atoms with Crippen LogP contribution < -0.4 is 5.32 Å². The Morgan fingerprint density at radius 2 is 1.83 bits per heavy atom. The van der Waals surface area contributed by atoms with E-state index in [4.69, 9.17) is 4.74 Å². The predicted molar refractivity (Wildman–Crippen MR) is 78.1 cm³/mol. The Bertz CT molecular complexity index is 181. The second-order valence-corrected chi connectivity index (χ2v) is 5.46. The van der Waals surface area contributed by atoms with Crippen LogP contribution in [0.2, 0.25) is 0 Å². The van der Waals surface area contributed by atoms with E-state index in [0.29, 0.717) is 0 Å². The molecule has 18 heavy (non-hydrogen) atoms. The first-order chi connectivity index (χ1) is 8.86. The quantitative estimate of drug-likeness (QED) is 0.608. The van der Waals surface area contributed by atoms with Crippen LogP contribution in [0.15, 0.2) is 0 Å². The lowest BCUT2D eigenvalue weighted by molar-refractivity contribution is 0.0928. The molecule has 3 heteroatoms. The van der Waals surface area contributed by atoms with Crippen LogP contribution in [0.1, 0.15) is 46.0 Å². The number of rotatable bonds is 10. The fourth-order valence-corrected chi connectivity index (χ4v) is 2.58. The Hall–Kier alpha value is -0.120. The van der Waals surface area contributed by atoms with Gasteiger partial charge in [0, 0.05) is 19.7 Å². The van der Waals surface area contributed by atoms with Gasteiger partial charge in [0.1, 0.15) is 0 Å². The molecule has 108 valence electrons. The van der Waals surface area contributed by atoms with E-state index in [-0.39, 0.29) is 0 Å². The summed E-state index contributed by atoms with van der Waals surface area (Å²) >= 11 is 0. The lowest BCUT2D eigenvalue weighted by Gasteiger charge is -2.29. The molecule has 0 saturated carbocycles. The number of piperidine rings is 1. The molecule has 0 aromatic rings. The summed E-state index contributed by atoms with van der Waals surface area (Å²) in [5.74, 6) is 0.897. The maximum Gasteiger partial charge on any atom is 0.0593 e. The third kappa shape index (κ3) is 7.34. The van der Waals surface area contributed by atoms with Gasteiger partial charge in [-0.25, -0.2) is 0 Å². The van der Waals surface area contributed by atoms with Gasteiger partial charge in [-0.15, -0.1) is 0 Å². The minimum absolute atomic E-state index is 0.897. The van der Waals surface area contributed by atoms with Crippen LogP contribution >= 0.6 is 0 Å². The molecule has 1 fully saturated rings. The van der Waals surface area contributed by atoms with Gasteiger partial charge >= 0.3 is 0 Å². The lowest BCUT2D eigenvalue weighted by atomic mass is 9.97. The second-order valence-electron chi connectivity index (χ2n) is 5.46. The van der Waals surface area contributed by atoms with Gasteiger partial charge in [0.25, 0.3) is 0 Å². The number of nitrogens with zero attached hydrogens (tertiary/aromatic N) is 1. The summed E-state index contributed by atoms with van der Waals surface area (Å²) < 4.78 is 5.69. The van der Waals surface area contributed by atoms with E-state index in [0.717, 1.165) is 25.7 Å². The zero-order valence-corrected chi connectivity index (χ0v) is 12.4. The maximum atomic E-state index is 5.69. The first-order valence-corrected chi connectivity index (χ1v) is 7.87. The molecule has 0 unspecified atom stereocenters. The molecule has 3 nitrogen and oxygen atoms in total. The van der Waals surface area contributed by atoms with Gasteiger partial charge in [-0.3, -0.25) is 0 Å². The normalized spacial score (nSPS) is 17.5. The molecular weight excluding hydrogens is 224 g/mol. The highest BCUT2D eigenvalue weighted by molar-refractivity contribution is 4.72. The number of hydrogen-bond donors (Lipinski definition) is 1. The summed E-state index contributed by atoms with van der Waals surface area (Å²) in [6.45, 7) is 12.3. The van der Waals surface area contributed by atoms with Gasteiger partial charge in [0.2, 0.25) is 0 Å². The average Bonchev–Trinajstić information content (AvgIpc) is 2.40. The van der Waals surface area contributed by atoms with Crippen molar-refractivity contribution in [3.63, 3.8) is 0 Å². The SMILES string of the molecule is CCCCOCCN(CCC)CC1CCNCC1. The molecule has 0 aliphatic carbocycles. The Balaban J connectivity index is 2.12. The summed E-state index contributed by atoms with van der Waals surface area (Å²) in [6, 6.07) is 0. The Morgan fingerprint density at radius 3 is 2.50 bits per heavy atom. The number of unbranched alkanes of at least 4 members (excludes halogenated alkanes) is 1. The van der Waals surface area contributed by atoms with E-state index in [9.17, 15) is 0 Å². The fraction of sp³-hybridized carbons (Fsp3) is 1.00. The van der Waals surface area contributed by atoms with E-state index in [2.05, 4.69) is 24.1 Å². The number of nitrogens with one attached hydrogen (secondary N) is 1. The molecule has 0 bridgehead atoms. The van der Waals surface area contributed by atoms with Gasteiger partial charge in [-0.05, 0) is 51.2 Å². The molecule has 1 aliphatic heterocycles. The van der Waals surface area contributed by atoms with Gasteiger partial charge in [0.05, 0.1) is 6.61 Å². The smallest absolute Gasteiger partial charge is 0.0593 e. The van der Waals surface area contributed by atoms with E-state index in [1.807, 2.05) is 0 Å². The van der Waals surface area contributed by atoms with Crippen molar-refractivity contribution in [3.8, 4) is 0 Å². The highest BCUT2D eigenvalue weighted by Crippen LogP contribution is 2.13. The molecule has 1 N–H and O–H groups in total. The molecule has 1 heterocycles. The summed E-state index contributed by atoms with van der Waals surface area (Å²) in [4.78, 5) is 2.60. The van der Waals surface area contributed by atoms with E-state index >= 15 is 0 Å². The molecule has 1 aliphatic rings. The van der Waals surface area contributed by atoms with Crippen molar-refractivity contribution < 1.29 is 4.74 Å². The van der Waals surface area contributed by atoms with E-state index in [1.54, 1.807) is 0 Å². The van der Waals surface area contributed by atoms with Crippen LogP contribution in [0.3, 0.4) is 0 Å². The molecule has 0 aromatic carbocycles. The van der Waals surface area contributed by atoms with Gasteiger partial charge in [-0.2, -0.15) is 0 Å². The molecular formula is C15H32N2O. The second kappa shape index (κ2) is 10.8. The molecule has 0 amide bonds. The third-order valence-corrected chi connectivity index (χ3v) is 3.71. The van der Waals surface area contributed by atoms with Crippen LogP contribution in [0.4, 0.5) is 0 Å². The topological polar surface area (TPSA) is 24.5 Å². The monoisotopic (exact) mass is 256 g/mol. The van der Waals surface area contributed by atoms with Crippen molar-refractivity contribution in [1.82, 2.24) is 10.2 Å². The minimum atomic E-state index is 0.897. The average molecular weight is 256 g/mol. The lowest BCUT2D eigenvalue weighted by Crippen LogP contribution is -2.38. The van der Waals surface area contributed by atoms with Crippen LogP contribution in [-0.2, 0) is 4.74 Å². The third-order valence-electron chi connectivity index (χ3n) is 3.71. The molecule has 0 radical (unpaired) electrons. The Labute approximate surface area is 113 Å². The summed E-state index contributed by atoms with van der Waals surface area (Å²) in [6.07, 6.45) is 6.36. The molecule has 1 rings (SSSR count). The van der Waals surface area contributed by atoms with Crippen LogP contribution in [0.25, 0.3) is 0 Å². The van der Waals surface area contributed by atoms with Gasteiger partial charge in [0.15, 0.2) is 0 Å². The largest absolute Gasteiger partial charge is 0.380 e. The van der Waals surface area contributed by atoms with Crippen molar-refractivity contribution in [2.45, 2.75) is 46.0 Å². The van der Waals surface area contributed by atoms with Crippen molar-refractivity contribution in [1.29, 1.82) is 0 Å². The highest BCUT2D eigenvalue weighted by atomic mass is 16.5. The summed E-state index contributed by atoms with van der Waals surface area (Å²) in [5, 5.41) is 3.44. The predicted octanol–water partition coefficient (Wildman–Crippen LogP) is 2.51. The zero-order valence-electron chi connectivity index (χ0n) is 12.4. The molecule has 0 aromatic heterocycles. The van der Waals surface area contributed by atoms with Crippen LogP contribution in [0, 0.1) is 5.92 Å². The summed E-state index contributed by atoms with van der Waals surface area (Å²) in [7, 11) is 0. The first-order valence-electron chi connectivity index (χ1n) is 7.87. The van der Waals surface area contributed by atoms with Gasteiger partial charge < -0.3 is 15.0 Å². The minimum Gasteiger partial charge on any atom is -0.380 e. The fourth-order valence-electron chi connectivity index (χ4n) is 2.58. The number of hydrogen-bond acceptors (Lipinski definition) is 3. The number of ether oxygens (including phenoxy) is 1. The van der Waals surface area contributed by atoms with Crippen LogP contribution in [-0.4, -0.2) is 50.8 Å². The van der Waals surface area contributed by atoms with E-state index < -0.39 is 0 Å². The van der Waals surface area contributed by atoms with Crippen molar-refractivity contribution >= 4 is 0 Å². The highest BCUT2D eigenvalue weighted by Gasteiger charge is 2.16. The Morgan fingerprint density at radius 1 is 1.06 bits per heavy atom. The molecule has 0 atom stereocenters. The Kier molecular flexibility index (Phi) is 9.54. The van der Waals surface area contributed by atoms with Crippen molar-refractivity contribution in [2.75, 3.05) is 45.9 Å². The maximum absolute atomic E-state index is 5.69.